The minimum absolute atomic E-state index is 0.412. The Balaban J connectivity index is 1.49. The molecule has 0 aliphatic heterocycles. The average molecular weight is 486 g/mol. The van der Waals surface area contributed by atoms with E-state index < -0.39 is 0 Å². The summed E-state index contributed by atoms with van der Waals surface area (Å²) in [7, 11) is 4.04. The standard InChI is InChI=1S/C25H27N9S/c1-20-23(16-26)25(35-24(20)17-27)29-28-21-4-6-22(7-5-21)34(14-12-32-10-8-30(2)18-32)15-13-33-11-9-31(3)19-33/h4-11,18-19H,12-15H2,1-3H3/q+2. The summed E-state index contributed by atoms with van der Waals surface area (Å²) in [5.41, 5.74) is 2.87. The van der Waals surface area contributed by atoms with Crippen molar-refractivity contribution in [3.63, 3.8) is 0 Å². The molecule has 9 nitrogen and oxygen atoms in total. The molecule has 176 valence electrons. The molecule has 0 atom stereocenters. The molecule has 0 unspecified atom stereocenters. The zero-order valence-corrected chi connectivity index (χ0v) is 20.9. The number of hydrogen-bond acceptors (Lipinski definition) is 6. The molecule has 3 aromatic heterocycles. The van der Waals surface area contributed by atoms with Crippen LogP contribution < -0.4 is 14.0 Å². The van der Waals surface area contributed by atoms with Gasteiger partial charge in [0.15, 0.2) is 5.00 Å². The van der Waals surface area contributed by atoms with Gasteiger partial charge in [-0.3, -0.25) is 0 Å². The van der Waals surface area contributed by atoms with Crippen LogP contribution in [0, 0.1) is 29.6 Å². The number of benzene rings is 1. The van der Waals surface area contributed by atoms with Gasteiger partial charge in [0.25, 0.3) is 0 Å². The van der Waals surface area contributed by atoms with Gasteiger partial charge in [-0.15, -0.1) is 21.6 Å². The van der Waals surface area contributed by atoms with E-state index in [4.69, 9.17) is 0 Å². The van der Waals surface area contributed by atoms with Gasteiger partial charge in [0, 0.05) is 5.69 Å². The van der Waals surface area contributed by atoms with Crippen molar-refractivity contribution < 1.29 is 9.13 Å². The number of imidazole rings is 2. The third-order valence-electron chi connectivity index (χ3n) is 5.72. The Labute approximate surface area is 208 Å². The highest BCUT2D eigenvalue weighted by molar-refractivity contribution is 7.16. The van der Waals surface area contributed by atoms with Crippen LogP contribution in [0.4, 0.5) is 16.4 Å². The maximum atomic E-state index is 9.41. The van der Waals surface area contributed by atoms with Gasteiger partial charge in [-0.25, -0.2) is 18.3 Å². The number of anilines is 1. The Hall–Kier alpha value is -4.28. The van der Waals surface area contributed by atoms with E-state index in [1.807, 2.05) is 59.9 Å². The fraction of sp³-hybridized carbons (Fsp3) is 0.280. The number of aryl methyl sites for hydroxylation is 2. The summed E-state index contributed by atoms with van der Waals surface area (Å²) in [5, 5.41) is 27.7. The van der Waals surface area contributed by atoms with E-state index in [0.29, 0.717) is 26.7 Å². The molecular weight excluding hydrogens is 458 g/mol. The molecule has 10 heteroatoms. The van der Waals surface area contributed by atoms with Gasteiger partial charge < -0.3 is 4.90 Å². The zero-order chi connectivity index (χ0) is 24.8. The number of azo groups is 1. The third kappa shape index (κ3) is 5.81. The van der Waals surface area contributed by atoms with E-state index in [9.17, 15) is 10.5 Å². The van der Waals surface area contributed by atoms with Crippen molar-refractivity contribution in [3.8, 4) is 12.1 Å². The lowest BCUT2D eigenvalue weighted by atomic mass is 10.2. The summed E-state index contributed by atoms with van der Waals surface area (Å²) in [6.07, 6.45) is 12.4. The van der Waals surface area contributed by atoms with Crippen LogP contribution in [-0.4, -0.2) is 22.2 Å². The fourth-order valence-corrected chi connectivity index (χ4v) is 4.63. The number of aromatic nitrogens is 4. The van der Waals surface area contributed by atoms with Gasteiger partial charge in [-0.1, -0.05) is 0 Å². The van der Waals surface area contributed by atoms with Crippen molar-refractivity contribution in [2.45, 2.75) is 20.0 Å². The van der Waals surface area contributed by atoms with Gasteiger partial charge in [0.05, 0.1) is 38.4 Å². The smallest absolute Gasteiger partial charge is 0.243 e. The Kier molecular flexibility index (Phi) is 7.34. The molecule has 4 aromatic rings. The highest BCUT2D eigenvalue weighted by Crippen LogP contribution is 2.35. The maximum Gasteiger partial charge on any atom is 0.243 e. The monoisotopic (exact) mass is 485 g/mol. The summed E-state index contributed by atoms with van der Waals surface area (Å²) in [5.74, 6) is 0. The van der Waals surface area contributed by atoms with Crippen LogP contribution in [0.2, 0.25) is 0 Å². The van der Waals surface area contributed by atoms with Crippen LogP contribution in [0.25, 0.3) is 0 Å². The molecule has 0 bridgehead atoms. The van der Waals surface area contributed by atoms with E-state index >= 15 is 0 Å². The fourth-order valence-electron chi connectivity index (χ4n) is 3.75. The highest BCUT2D eigenvalue weighted by atomic mass is 32.1. The van der Waals surface area contributed by atoms with Gasteiger partial charge in [-0.05, 0) is 36.8 Å². The van der Waals surface area contributed by atoms with Crippen LogP contribution in [0.15, 0.2) is 71.9 Å². The molecule has 35 heavy (non-hydrogen) atoms. The molecule has 1 aromatic carbocycles. The van der Waals surface area contributed by atoms with Gasteiger partial charge >= 0.3 is 0 Å². The lowest BCUT2D eigenvalue weighted by molar-refractivity contribution is -0.671. The molecule has 0 N–H and O–H groups in total. The normalized spacial score (nSPS) is 11.0. The summed E-state index contributed by atoms with van der Waals surface area (Å²) in [4.78, 5) is 2.85. The second-order valence-corrected chi connectivity index (χ2v) is 9.30. The van der Waals surface area contributed by atoms with E-state index in [1.54, 1.807) is 6.92 Å². The Morgan fingerprint density at radius 3 is 2.00 bits per heavy atom. The second kappa shape index (κ2) is 10.8. The topological polar surface area (TPSA) is 93.2 Å². The largest absolute Gasteiger partial charge is 0.364 e. The number of thiophene rings is 1. The number of rotatable bonds is 9. The first-order valence-electron chi connectivity index (χ1n) is 11.2. The summed E-state index contributed by atoms with van der Waals surface area (Å²) in [6.45, 7) is 5.23. The van der Waals surface area contributed by atoms with Gasteiger partial charge in [0.1, 0.15) is 54.9 Å². The van der Waals surface area contributed by atoms with Crippen molar-refractivity contribution in [1.29, 1.82) is 10.5 Å². The molecule has 3 heterocycles. The molecule has 0 radical (unpaired) electrons. The van der Waals surface area contributed by atoms with Crippen molar-refractivity contribution in [1.82, 2.24) is 9.13 Å². The van der Waals surface area contributed by atoms with Crippen molar-refractivity contribution in [3.05, 3.63) is 77.7 Å². The molecule has 0 amide bonds. The van der Waals surface area contributed by atoms with E-state index in [-0.39, 0.29) is 0 Å². The van der Waals surface area contributed by atoms with Crippen LogP contribution in [0.5, 0.6) is 0 Å². The van der Waals surface area contributed by atoms with Crippen LogP contribution in [0.3, 0.4) is 0 Å². The highest BCUT2D eigenvalue weighted by Gasteiger charge is 2.15. The third-order valence-corrected chi connectivity index (χ3v) is 6.80. The molecule has 0 aliphatic carbocycles. The molecule has 4 rings (SSSR count). The first-order chi connectivity index (χ1) is 17.0. The van der Waals surface area contributed by atoms with Crippen molar-refractivity contribution >= 4 is 27.7 Å². The molecule has 0 spiro atoms. The second-order valence-electron chi connectivity index (χ2n) is 8.30. The number of nitrogens with zero attached hydrogens (tertiary/aromatic N) is 9. The van der Waals surface area contributed by atoms with E-state index in [2.05, 4.69) is 61.4 Å². The van der Waals surface area contributed by atoms with Gasteiger partial charge in [-0.2, -0.15) is 10.5 Å². The quantitative estimate of drug-likeness (QED) is 0.267. The number of nitriles is 2. The zero-order valence-electron chi connectivity index (χ0n) is 20.0. The van der Waals surface area contributed by atoms with Crippen molar-refractivity contribution in [2.24, 2.45) is 24.3 Å². The first-order valence-corrected chi connectivity index (χ1v) is 12.0. The lowest BCUT2D eigenvalue weighted by Gasteiger charge is -2.23. The average Bonchev–Trinajstić information content (AvgIpc) is 3.56. The number of hydrogen-bond donors (Lipinski definition) is 0. The molecule has 0 saturated carbocycles. The van der Waals surface area contributed by atoms with E-state index in [1.165, 1.54) is 11.3 Å². The first kappa shape index (κ1) is 23.9. The Bertz CT molecular complexity index is 1370. The Morgan fingerprint density at radius 2 is 1.51 bits per heavy atom. The van der Waals surface area contributed by atoms with E-state index in [0.717, 1.165) is 31.9 Å². The van der Waals surface area contributed by atoms with Crippen LogP contribution in [0.1, 0.15) is 16.0 Å². The minimum atomic E-state index is 0.412. The summed E-state index contributed by atoms with van der Waals surface area (Å²) < 4.78 is 8.43. The molecule has 0 aliphatic rings. The summed E-state index contributed by atoms with van der Waals surface area (Å²) in [6, 6.07) is 12.2. The van der Waals surface area contributed by atoms with Crippen LogP contribution >= 0.6 is 11.3 Å². The summed E-state index contributed by atoms with van der Waals surface area (Å²) >= 11 is 1.19. The SMILES string of the molecule is Cc1c(C#N)sc(N=Nc2ccc(N(CCn3cc[n+](C)c3)CCn3cc[n+](C)c3)cc2)c1C#N. The van der Waals surface area contributed by atoms with Gasteiger partial charge in [0.2, 0.25) is 12.7 Å². The van der Waals surface area contributed by atoms with Crippen LogP contribution in [-0.2, 0) is 27.2 Å². The Morgan fingerprint density at radius 1 is 0.914 bits per heavy atom. The minimum Gasteiger partial charge on any atom is -0.364 e. The predicted octanol–water partition coefficient (Wildman–Crippen LogP) is 3.67. The molecular formula is C25H27N9S+2. The maximum absolute atomic E-state index is 9.41. The molecule has 0 saturated heterocycles. The van der Waals surface area contributed by atoms with Crippen molar-refractivity contribution in [2.75, 3.05) is 18.0 Å². The predicted molar refractivity (Wildman–Crippen MR) is 133 cm³/mol. The molecule has 0 fully saturated rings. The lowest BCUT2D eigenvalue weighted by Crippen LogP contribution is -2.31.